The number of aromatic nitrogens is 5. The standard InChI is InChI=1S/C32H28N8O2/c1-5-10-22-19-35-29(33)27(28(22)34-3)31(41)36-20(2)30-37-25-14-9-11-21(15-16-23-17-18-39(4)38-23)26(25)32(42)40(30)24-12-7-6-8-13-24/h5-14,17-20H,3H2,1-2,4H3,(H2,33,35)(H,36,41)/b10-5-. The van der Waals surface area contributed by atoms with Gasteiger partial charge in [-0.3, -0.25) is 23.8 Å². The highest BCUT2D eigenvalue weighted by Gasteiger charge is 2.24. The number of benzene rings is 2. The maximum absolute atomic E-state index is 14.2. The highest BCUT2D eigenvalue weighted by atomic mass is 16.2. The number of pyridine rings is 1. The van der Waals surface area contributed by atoms with Gasteiger partial charge < -0.3 is 11.1 Å². The quantitative estimate of drug-likeness (QED) is 0.236. The van der Waals surface area contributed by atoms with E-state index in [0.717, 1.165) is 0 Å². The van der Waals surface area contributed by atoms with Crippen molar-refractivity contribution in [2.24, 2.45) is 12.0 Å². The minimum Gasteiger partial charge on any atom is -0.383 e. The van der Waals surface area contributed by atoms with Crippen molar-refractivity contribution in [3.8, 4) is 17.5 Å². The van der Waals surface area contributed by atoms with Crippen molar-refractivity contribution in [1.82, 2.24) is 29.6 Å². The zero-order chi connectivity index (χ0) is 29.8. The molecule has 3 heterocycles. The Labute approximate surface area is 242 Å². The average Bonchev–Trinajstić information content (AvgIpc) is 3.41. The number of nitrogens with zero attached hydrogens (tertiary/aromatic N) is 6. The van der Waals surface area contributed by atoms with E-state index in [9.17, 15) is 9.59 Å². The van der Waals surface area contributed by atoms with Crippen LogP contribution in [0.5, 0.6) is 0 Å². The van der Waals surface area contributed by atoms with Gasteiger partial charge in [-0.05, 0) is 56.8 Å². The molecule has 3 aromatic heterocycles. The van der Waals surface area contributed by atoms with Crippen molar-refractivity contribution in [1.29, 1.82) is 0 Å². The predicted octanol–water partition coefficient (Wildman–Crippen LogP) is 4.35. The lowest BCUT2D eigenvalue weighted by atomic mass is 10.1. The summed E-state index contributed by atoms with van der Waals surface area (Å²) in [5.41, 5.74) is 8.93. The topological polar surface area (TPSA) is 133 Å². The van der Waals surface area contributed by atoms with E-state index in [4.69, 9.17) is 10.7 Å². The minimum atomic E-state index is -0.722. The zero-order valence-electron chi connectivity index (χ0n) is 23.4. The number of fused-ring (bicyclic) bond motifs is 1. The molecule has 3 N–H and O–H groups in total. The lowest BCUT2D eigenvalue weighted by molar-refractivity contribution is 0.0939. The molecule has 10 heteroatoms. The van der Waals surface area contributed by atoms with Gasteiger partial charge in [0.1, 0.15) is 22.9 Å². The second-order valence-corrected chi connectivity index (χ2v) is 9.45. The Morgan fingerprint density at radius 3 is 2.62 bits per heavy atom. The zero-order valence-corrected chi connectivity index (χ0v) is 23.4. The van der Waals surface area contributed by atoms with Crippen LogP contribution in [-0.4, -0.2) is 36.9 Å². The van der Waals surface area contributed by atoms with Crippen LogP contribution in [0.1, 0.15) is 52.9 Å². The fourth-order valence-corrected chi connectivity index (χ4v) is 4.64. The number of amides is 1. The number of hydrogen-bond donors (Lipinski definition) is 2. The summed E-state index contributed by atoms with van der Waals surface area (Å²) >= 11 is 0. The number of hydrogen-bond acceptors (Lipinski definition) is 7. The van der Waals surface area contributed by atoms with Crippen LogP contribution >= 0.6 is 0 Å². The molecule has 5 aromatic rings. The molecule has 1 unspecified atom stereocenters. The molecule has 208 valence electrons. The van der Waals surface area contributed by atoms with E-state index < -0.39 is 11.9 Å². The van der Waals surface area contributed by atoms with Crippen molar-refractivity contribution >= 4 is 41.1 Å². The van der Waals surface area contributed by atoms with Crippen molar-refractivity contribution in [3.63, 3.8) is 0 Å². The van der Waals surface area contributed by atoms with Gasteiger partial charge in [0.25, 0.3) is 11.5 Å². The van der Waals surface area contributed by atoms with Crippen LogP contribution in [0.4, 0.5) is 11.5 Å². The summed E-state index contributed by atoms with van der Waals surface area (Å²) in [5.74, 6) is 5.92. The summed E-state index contributed by atoms with van der Waals surface area (Å²) in [6.45, 7) is 7.21. The number of aryl methyl sites for hydroxylation is 1. The minimum absolute atomic E-state index is 0.0124. The smallest absolute Gasteiger partial charge is 0.267 e. The van der Waals surface area contributed by atoms with Gasteiger partial charge in [0.15, 0.2) is 0 Å². The van der Waals surface area contributed by atoms with E-state index in [-0.39, 0.29) is 16.9 Å². The second-order valence-electron chi connectivity index (χ2n) is 9.45. The Bertz CT molecular complexity index is 1980. The second kappa shape index (κ2) is 11.7. The molecule has 2 aromatic carbocycles. The molecule has 0 saturated heterocycles. The third-order valence-corrected chi connectivity index (χ3v) is 6.55. The number of rotatable bonds is 6. The Kier molecular flexibility index (Phi) is 7.75. The van der Waals surface area contributed by atoms with Crippen LogP contribution in [0.25, 0.3) is 22.7 Å². The Morgan fingerprint density at radius 1 is 1.14 bits per heavy atom. The van der Waals surface area contributed by atoms with Gasteiger partial charge in [-0.25, -0.2) is 9.97 Å². The first-order valence-electron chi connectivity index (χ1n) is 13.1. The van der Waals surface area contributed by atoms with Crippen LogP contribution in [0.2, 0.25) is 0 Å². The number of para-hydroxylation sites is 1. The van der Waals surface area contributed by atoms with Crippen molar-refractivity contribution < 1.29 is 4.79 Å². The number of carbonyl (C=O) groups excluding carboxylic acids is 1. The molecule has 1 atom stereocenters. The summed E-state index contributed by atoms with van der Waals surface area (Å²) in [7, 11) is 1.81. The van der Waals surface area contributed by atoms with E-state index in [0.29, 0.717) is 44.9 Å². The fraction of sp³-hybridized carbons (Fsp3) is 0.125. The first-order chi connectivity index (χ1) is 20.3. The van der Waals surface area contributed by atoms with Crippen molar-refractivity contribution in [3.05, 3.63) is 112 Å². The summed E-state index contributed by atoms with van der Waals surface area (Å²) in [6, 6.07) is 15.5. The molecular weight excluding hydrogens is 528 g/mol. The average molecular weight is 557 g/mol. The van der Waals surface area contributed by atoms with Crippen LogP contribution in [0.15, 0.2) is 82.9 Å². The summed E-state index contributed by atoms with van der Waals surface area (Å²) in [5, 5.41) is 7.58. The van der Waals surface area contributed by atoms with Gasteiger partial charge in [-0.2, -0.15) is 5.10 Å². The number of aliphatic imine (C=N–C) groups is 1. The number of nitrogens with two attached hydrogens (primary N) is 1. The van der Waals surface area contributed by atoms with E-state index >= 15 is 0 Å². The summed E-state index contributed by atoms with van der Waals surface area (Å²) < 4.78 is 3.15. The first-order valence-corrected chi connectivity index (χ1v) is 13.1. The first kappa shape index (κ1) is 27.7. The maximum Gasteiger partial charge on any atom is 0.267 e. The highest BCUT2D eigenvalue weighted by molar-refractivity contribution is 6.05. The van der Waals surface area contributed by atoms with Crippen molar-refractivity contribution in [2.45, 2.75) is 19.9 Å². The SMILES string of the molecule is C=Nc1c(/C=C\C)cnc(N)c1C(=O)NC(C)c1nc2cccc(C#Cc3ccn(C)n3)c2c(=O)n1-c1ccccc1. The molecule has 0 aliphatic heterocycles. The molecule has 0 fully saturated rings. The number of anilines is 1. The largest absolute Gasteiger partial charge is 0.383 e. The fourth-order valence-electron chi connectivity index (χ4n) is 4.64. The molecule has 0 bridgehead atoms. The molecule has 5 rings (SSSR count). The highest BCUT2D eigenvalue weighted by Crippen LogP contribution is 2.29. The van der Waals surface area contributed by atoms with Crippen LogP contribution in [-0.2, 0) is 7.05 Å². The molecule has 10 nitrogen and oxygen atoms in total. The third-order valence-electron chi connectivity index (χ3n) is 6.55. The van der Waals surface area contributed by atoms with E-state index in [2.05, 4.69) is 39.0 Å². The predicted molar refractivity (Wildman–Crippen MR) is 165 cm³/mol. The molecular formula is C32H28N8O2. The van der Waals surface area contributed by atoms with Gasteiger partial charge >= 0.3 is 0 Å². The number of nitrogens with one attached hydrogen (secondary N) is 1. The van der Waals surface area contributed by atoms with E-state index in [1.54, 1.807) is 66.4 Å². The molecule has 0 aliphatic carbocycles. The van der Waals surface area contributed by atoms with Crippen molar-refractivity contribution in [2.75, 3.05) is 5.73 Å². The van der Waals surface area contributed by atoms with E-state index in [1.165, 1.54) is 10.8 Å². The molecule has 1 amide bonds. The third kappa shape index (κ3) is 5.31. The van der Waals surface area contributed by atoms with Gasteiger partial charge in [-0.1, -0.05) is 42.3 Å². The normalized spacial score (nSPS) is 11.7. The van der Waals surface area contributed by atoms with E-state index in [1.807, 2.05) is 32.2 Å². The molecule has 0 saturated carbocycles. The summed E-state index contributed by atoms with van der Waals surface area (Å²) in [4.78, 5) is 40.8. The lowest BCUT2D eigenvalue weighted by Gasteiger charge is -2.21. The number of carbonyl (C=O) groups is 1. The monoisotopic (exact) mass is 556 g/mol. The van der Waals surface area contributed by atoms with Crippen LogP contribution in [0.3, 0.4) is 0 Å². The Balaban J connectivity index is 1.64. The Morgan fingerprint density at radius 2 is 1.93 bits per heavy atom. The lowest BCUT2D eigenvalue weighted by Crippen LogP contribution is -2.34. The Hall–Kier alpha value is -5.82. The number of nitrogen functional groups attached to an aromatic ring is 1. The molecule has 0 aliphatic rings. The van der Waals surface area contributed by atoms with Gasteiger partial charge in [-0.15, -0.1) is 0 Å². The van der Waals surface area contributed by atoms with Gasteiger partial charge in [0.2, 0.25) is 0 Å². The maximum atomic E-state index is 14.2. The van der Waals surface area contributed by atoms with Gasteiger partial charge in [0, 0.05) is 30.6 Å². The molecule has 0 radical (unpaired) electrons. The molecule has 0 spiro atoms. The van der Waals surface area contributed by atoms with Crippen LogP contribution < -0.4 is 16.6 Å². The molecule has 42 heavy (non-hydrogen) atoms. The number of allylic oxidation sites excluding steroid dienone is 1. The van der Waals surface area contributed by atoms with Gasteiger partial charge in [0.05, 0.1) is 28.3 Å². The summed E-state index contributed by atoms with van der Waals surface area (Å²) in [6.07, 6.45) is 6.90. The van der Waals surface area contributed by atoms with Crippen LogP contribution in [0, 0.1) is 11.8 Å².